The molecule has 0 fully saturated rings. The van der Waals surface area contributed by atoms with Gasteiger partial charge in [0.2, 0.25) is 5.91 Å². The maximum Gasteiger partial charge on any atom is 0.253 e. The maximum absolute atomic E-state index is 12.7. The summed E-state index contributed by atoms with van der Waals surface area (Å²) in [5.41, 5.74) is 4.76. The number of fused-ring (bicyclic) bond motifs is 1. The fraction of sp³-hybridized carbons (Fsp3) is 0.273. The lowest BCUT2D eigenvalue weighted by Crippen LogP contribution is -2.22. The van der Waals surface area contributed by atoms with Crippen LogP contribution in [0.1, 0.15) is 27.0 Å². The summed E-state index contributed by atoms with van der Waals surface area (Å²) in [5, 5.41) is 3.78. The highest BCUT2D eigenvalue weighted by Crippen LogP contribution is 2.29. The van der Waals surface area contributed by atoms with Gasteiger partial charge in [0, 0.05) is 30.6 Å². The van der Waals surface area contributed by atoms with E-state index in [-0.39, 0.29) is 18.2 Å². The number of hydrogen-bond donors (Lipinski definition) is 1. The van der Waals surface area contributed by atoms with Gasteiger partial charge in [-0.15, -0.1) is 0 Å². The van der Waals surface area contributed by atoms with Crippen LogP contribution in [-0.4, -0.2) is 37.9 Å². The zero-order valence-electron chi connectivity index (χ0n) is 16.8. The van der Waals surface area contributed by atoms with Gasteiger partial charge in [0.15, 0.2) is 0 Å². The van der Waals surface area contributed by atoms with Gasteiger partial charge in [-0.25, -0.2) is 0 Å². The minimum Gasteiger partial charge on any atom is -0.495 e. The highest BCUT2D eigenvalue weighted by atomic mass is 16.5. The predicted molar refractivity (Wildman–Crippen MR) is 109 cm³/mol. The Bertz CT molecular complexity index is 1050. The largest absolute Gasteiger partial charge is 0.495 e. The third-order valence-electron chi connectivity index (χ3n) is 4.82. The molecule has 6 heteroatoms. The summed E-state index contributed by atoms with van der Waals surface area (Å²) in [6, 6.07) is 8.96. The summed E-state index contributed by atoms with van der Waals surface area (Å²) in [7, 11) is 4.88. The Morgan fingerprint density at radius 3 is 2.57 bits per heavy atom. The summed E-state index contributed by atoms with van der Waals surface area (Å²) < 4.78 is 11.0. The zero-order valence-corrected chi connectivity index (χ0v) is 16.8. The van der Waals surface area contributed by atoms with Crippen LogP contribution in [0.5, 0.6) is 5.75 Å². The first-order valence-electron chi connectivity index (χ1n) is 8.97. The predicted octanol–water partition coefficient (Wildman–Crippen LogP) is 3.94. The molecule has 0 radical (unpaired) electrons. The summed E-state index contributed by atoms with van der Waals surface area (Å²) in [6.45, 7) is 4.03. The van der Waals surface area contributed by atoms with Crippen molar-refractivity contribution in [3.63, 3.8) is 0 Å². The minimum absolute atomic E-state index is 0.148. The van der Waals surface area contributed by atoms with E-state index >= 15 is 0 Å². The number of ether oxygens (including phenoxy) is 1. The molecule has 1 aromatic heterocycles. The average Bonchev–Trinajstić information content (AvgIpc) is 3.07. The fourth-order valence-electron chi connectivity index (χ4n) is 3.09. The molecule has 2 aromatic carbocycles. The van der Waals surface area contributed by atoms with Crippen molar-refractivity contribution in [1.29, 1.82) is 0 Å². The van der Waals surface area contributed by atoms with Gasteiger partial charge in [-0.05, 0) is 43.2 Å². The molecule has 0 saturated heterocycles. The van der Waals surface area contributed by atoms with E-state index < -0.39 is 0 Å². The molecule has 6 nitrogen and oxygen atoms in total. The van der Waals surface area contributed by atoms with Crippen LogP contribution in [0.15, 0.2) is 41.0 Å². The van der Waals surface area contributed by atoms with E-state index in [1.807, 2.05) is 26.0 Å². The van der Waals surface area contributed by atoms with E-state index in [0.29, 0.717) is 17.0 Å². The van der Waals surface area contributed by atoms with Crippen molar-refractivity contribution in [2.75, 3.05) is 26.5 Å². The summed E-state index contributed by atoms with van der Waals surface area (Å²) >= 11 is 0. The Morgan fingerprint density at radius 1 is 1.14 bits per heavy atom. The first-order chi connectivity index (χ1) is 13.3. The standard InChI is InChI=1S/C22H24N2O4/c1-13-6-8-17-16(12-28-21(17)14(13)2)11-20(25)23-18-10-15(22(26)24(3)4)7-9-19(18)27-5/h6-10,12H,11H2,1-5H3,(H,23,25). The van der Waals surface area contributed by atoms with Crippen LogP contribution in [0.3, 0.4) is 0 Å². The second-order valence-electron chi connectivity index (χ2n) is 6.98. The molecule has 0 aliphatic rings. The number of anilines is 1. The number of furan rings is 1. The molecule has 0 bridgehead atoms. The topological polar surface area (TPSA) is 71.8 Å². The van der Waals surface area contributed by atoms with Crippen LogP contribution >= 0.6 is 0 Å². The van der Waals surface area contributed by atoms with Crippen molar-refractivity contribution in [1.82, 2.24) is 4.90 Å². The van der Waals surface area contributed by atoms with Gasteiger partial charge >= 0.3 is 0 Å². The SMILES string of the molecule is COc1ccc(C(=O)N(C)C)cc1NC(=O)Cc1coc2c(C)c(C)ccc12. The molecule has 0 atom stereocenters. The van der Waals surface area contributed by atoms with Crippen molar-refractivity contribution in [3.05, 3.63) is 58.8 Å². The first kappa shape index (κ1) is 19.5. The molecule has 0 aliphatic heterocycles. The van der Waals surface area contributed by atoms with Gasteiger partial charge in [-0.2, -0.15) is 0 Å². The second-order valence-corrected chi connectivity index (χ2v) is 6.98. The Kier molecular flexibility index (Phi) is 5.40. The van der Waals surface area contributed by atoms with E-state index in [1.54, 1.807) is 38.6 Å². The summed E-state index contributed by atoms with van der Waals surface area (Å²) in [5.74, 6) is 0.130. The summed E-state index contributed by atoms with van der Waals surface area (Å²) in [6.07, 6.45) is 1.78. The lowest BCUT2D eigenvalue weighted by atomic mass is 10.0. The molecular weight excluding hydrogens is 356 g/mol. The zero-order chi connectivity index (χ0) is 20.4. The highest BCUT2D eigenvalue weighted by molar-refractivity contribution is 5.99. The van der Waals surface area contributed by atoms with Crippen LogP contribution < -0.4 is 10.1 Å². The normalized spacial score (nSPS) is 10.8. The third-order valence-corrected chi connectivity index (χ3v) is 4.82. The molecule has 0 saturated carbocycles. The maximum atomic E-state index is 12.7. The van der Waals surface area contributed by atoms with Gasteiger partial charge in [-0.3, -0.25) is 9.59 Å². The number of carbonyl (C=O) groups excluding carboxylic acids is 2. The van der Waals surface area contributed by atoms with Crippen molar-refractivity contribution in [2.45, 2.75) is 20.3 Å². The van der Waals surface area contributed by atoms with Crippen LogP contribution in [0, 0.1) is 13.8 Å². The number of carbonyl (C=O) groups is 2. The number of methoxy groups -OCH3 is 1. The second kappa shape index (κ2) is 7.76. The van der Waals surface area contributed by atoms with Crippen molar-refractivity contribution >= 4 is 28.5 Å². The molecule has 28 heavy (non-hydrogen) atoms. The quantitative estimate of drug-likeness (QED) is 0.728. The van der Waals surface area contributed by atoms with E-state index in [9.17, 15) is 9.59 Å². The molecule has 1 heterocycles. The average molecular weight is 380 g/mol. The smallest absolute Gasteiger partial charge is 0.253 e. The molecular formula is C22H24N2O4. The Hall–Kier alpha value is -3.28. The molecule has 0 spiro atoms. The Balaban J connectivity index is 1.84. The number of benzene rings is 2. The molecule has 0 aliphatic carbocycles. The lowest BCUT2D eigenvalue weighted by Gasteiger charge is -2.14. The Labute approximate surface area is 164 Å². The monoisotopic (exact) mass is 380 g/mol. The van der Waals surface area contributed by atoms with Crippen molar-refractivity contribution in [3.8, 4) is 5.75 Å². The molecule has 3 aromatic rings. The van der Waals surface area contributed by atoms with Crippen molar-refractivity contribution in [2.24, 2.45) is 0 Å². The molecule has 1 N–H and O–H groups in total. The van der Waals surface area contributed by atoms with Crippen LogP contribution in [0.2, 0.25) is 0 Å². The van der Waals surface area contributed by atoms with Crippen LogP contribution in [-0.2, 0) is 11.2 Å². The third kappa shape index (κ3) is 3.71. The van der Waals surface area contributed by atoms with Gasteiger partial charge in [0.25, 0.3) is 5.91 Å². The molecule has 2 amide bonds. The number of aryl methyl sites for hydroxylation is 2. The van der Waals surface area contributed by atoms with Crippen molar-refractivity contribution < 1.29 is 18.7 Å². The van der Waals surface area contributed by atoms with E-state index in [1.165, 1.54) is 12.0 Å². The van der Waals surface area contributed by atoms with Gasteiger partial charge in [0.1, 0.15) is 11.3 Å². The van der Waals surface area contributed by atoms with E-state index in [2.05, 4.69) is 5.32 Å². The van der Waals surface area contributed by atoms with Crippen LogP contribution in [0.4, 0.5) is 5.69 Å². The van der Waals surface area contributed by atoms with Gasteiger partial charge in [0.05, 0.1) is 25.5 Å². The van der Waals surface area contributed by atoms with Crippen LogP contribution in [0.25, 0.3) is 11.0 Å². The lowest BCUT2D eigenvalue weighted by molar-refractivity contribution is -0.115. The molecule has 146 valence electrons. The van der Waals surface area contributed by atoms with E-state index in [4.69, 9.17) is 9.15 Å². The number of nitrogens with zero attached hydrogens (tertiary/aromatic N) is 1. The number of amides is 2. The number of rotatable bonds is 5. The Morgan fingerprint density at radius 2 is 1.89 bits per heavy atom. The number of nitrogens with one attached hydrogen (secondary N) is 1. The molecule has 3 rings (SSSR count). The molecule has 0 unspecified atom stereocenters. The fourth-order valence-corrected chi connectivity index (χ4v) is 3.09. The van der Waals surface area contributed by atoms with Gasteiger partial charge < -0.3 is 19.4 Å². The summed E-state index contributed by atoms with van der Waals surface area (Å²) in [4.78, 5) is 26.3. The first-order valence-corrected chi connectivity index (χ1v) is 8.97. The van der Waals surface area contributed by atoms with Gasteiger partial charge in [-0.1, -0.05) is 12.1 Å². The number of hydrogen-bond acceptors (Lipinski definition) is 4. The highest BCUT2D eigenvalue weighted by Gasteiger charge is 2.16. The minimum atomic E-state index is -0.214. The van der Waals surface area contributed by atoms with E-state index in [0.717, 1.165) is 27.7 Å².